The maximum Gasteiger partial charge on any atom is 0.139 e. The summed E-state index contributed by atoms with van der Waals surface area (Å²) in [6.45, 7) is 5.70. The number of hydrogen-bond donors (Lipinski definition) is 1. The van der Waals surface area contributed by atoms with Crippen molar-refractivity contribution in [2.45, 2.75) is 57.4 Å². The van der Waals surface area contributed by atoms with Gasteiger partial charge < -0.3 is 9.88 Å². The van der Waals surface area contributed by atoms with E-state index in [2.05, 4.69) is 27.0 Å². The van der Waals surface area contributed by atoms with E-state index in [1.165, 1.54) is 43.8 Å². The third kappa shape index (κ3) is 1.99. The molecule has 1 aromatic heterocycles. The molecule has 3 rings (SSSR count). The van der Waals surface area contributed by atoms with E-state index < -0.39 is 0 Å². The van der Waals surface area contributed by atoms with Crippen LogP contribution in [0.4, 0.5) is 0 Å². The molecule has 0 bridgehead atoms. The monoisotopic (exact) mass is 234 g/mol. The molecular weight excluding hydrogens is 212 g/mol. The maximum absolute atomic E-state index is 4.52. The van der Waals surface area contributed by atoms with Crippen molar-refractivity contribution in [3.8, 4) is 0 Å². The molecule has 1 N–H and O–H groups in total. The predicted molar refractivity (Wildman–Crippen MR) is 67.0 cm³/mol. The summed E-state index contributed by atoms with van der Waals surface area (Å²) in [6, 6.07) is 0. The molecule has 0 atom stereocenters. The van der Waals surface area contributed by atoms with Crippen molar-refractivity contribution in [1.82, 2.24) is 20.1 Å². The van der Waals surface area contributed by atoms with Crippen molar-refractivity contribution in [1.29, 1.82) is 0 Å². The Morgan fingerprint density at radius 2 is 1.94 bits per heavy atom. The molecule has 4 heteroatoms. The van der Waals surface area contributed by atoms with Gasteiger partial charge in [-0.3, -0.25) is 0 Å². The minimum atomic E-state index is 0.237. The molecule has 0 aliphatic carbocycles. The van der Waals surface area contributed by atoms with Gasteiger partial charge in [0.1, 0.15) is 11.6 Å². The Hall–Kier alpha value is -0.900. The number of rotatable bonds is 1. The van der Waals surface area contributed by atoms with Crippen LogP contribution in [0.5, 0.6) is 0 Å². The summed E-state index contributed by atoms with van der Waals surface area (Å²) in [5.41, 5.74) is 0.237. The Morgan fingerprint density at radius 1 is 1.12 bits per heavy atom. The molecule has 0 aromatic carbocycles. The minimum absolute atomic E-state index is 0.237. The predicted octanol–water partition coefficient (Wildman–Crippen LogP) is 1.65. The zero-order valence-electron chi connectivity index (χ0n) is 10.7. The van der Waals surface area contributed by atoms with E-state index in [4.69, 9.17) is 0 Å². The molecule has 94 valence electrons. The Balaban J connectivity index is 1.94. The molecule has 17 heavy (non-hydrogen) atoms. The number of hydrogen-bond acceptors (Lipinski definition) is 3. The normalized spacial score (nSPS) is 24.1. The van der Waals surface area contributed by atoms with Crippen molar-refractivity contribution in [3.63, 3.8) is 0 Å². The maximum atomic E-state index is 4.52. The smallest absolute Gasteiger partial charge is 0.139 e. The van der Waals surface area contributed by atoms with Gasteiger partial charge in [-0.25, -0.2) is 0 Å². The third-order valence-corrected chi connectivity index (χ3v) is 4.36. The van der Waals surface area contributed by atoms with Gasteiger partial charge in [0.15, 0.2) is 0 Å². The Kier molecular flexibility index (Phi) is 2.90. The van der Waals surface area contributed by atoms with E-state index >= 15 is 0 Å². The van der Waals surface area contributed by atoms with Gasteiger partial charge in [-0.05, 0) is 38.8 Å². The van der Waals surface area contributed by atoms with E-state index in [1.54, 1.807) is 0 Å². The fourth-order valence-electron chi connectivity index (χ4n) is 3.13. The number of piperidine rings is 1. The number of nitrogens with zero attached hydrogens (tertiary/aromatic N) is 3. The van der Waals surface area contributed by atoms with Crippen LogP contribution in [-0.4, -0.2) is 27.9 Å². The average Bonchev–Trinajstić information content (AvgIpc) is 2.61. The molecule has 0 unspecified atom stereocenters. The minimum Gasteiger partial charge on any atom is -0.317 e. The van der Waals surface area contributed by atoms with Gasteiger partial charge >= 0.3 is 0 Å². The van der Waals surface area contributed by atoms with Gasteiger partial charge in [0.2, 0.25) is 0 Å². The highest BCUT2D eigenvalue weighted by atomic mass is 15.3. The van der Waals surface area contributed by atoms with Crippen LogP contribution >= 0.6 is 0 Å². The van der Waals surface area contributed by atoms with E-state index in [0.29, 0.717) is 0 Å². The van der Waals surface area contributed by atoms with Crippen molar-refractivity contribution in [2.24, 2.45) is 0 Å². The molecule has 4 nitrogen and oxygen atoms in total. The van der Waals surface area contributed by atoms with Gasteiger partial charge in [-0.2, -0.15) is 0 Å². The molecule has 1 fully saturated rings. The van der Waals surface area contributed by atoms with E-state index in [-0.39, 0.29) is 5.41 Å². The molecule has 0 saturated carbocycles. The molecule has 2 aliphatic heterocycles. The van der Waals surface area contributed by atoms with Crippen molar-refractivity contribution in [2.75, 3.05) is 13.1 Å². The van der Waals surface area contributed by atoms with Crippen LogP contribution in [0.3, 0.4) is 0 Å². The molecule has 0 radical (unpaired) electrons. The fraction of sp³-hybridized carbons (Fsp3) is 0.846. The highest BCUT2D eigenvalue weighted by molar-refractivity contribution is 5.11. The summed E-state index contributed by atoms with van der Waals surface area (Å²) in [4.78, 5) is 0. The molecule has 1 saturated heterocycles. The lowest BCUT2D eigenvalue weighted by Gasteiger charge is -2.33. The molecule has 0 amide bonds. The summed E-state index contributed by atoms with van der Waals surface area (Å²) >= 11 is 0. The lowest BCUT2D eigenvalue weighted by atomic mass is 9.80. The largest absolute Gasteiger partial charge is 0.317 e. The summed E-state index contributed by atoms with van der Waals surface area (Å²) in [5, 5.41) is 12.4. The third-order valence-electron chi connectivity index (χ3n) is 4.36. The lowest BCUT2D eigenvalue weighted by Crippen LogP contribution is -2.39. The second kappa shape index (κ2) is 4.41. The Morgan fingerprint density at radius 3 is 2.76 bits per heavy atom. The van der Waals surface area contributed by atoms with Crippen LogP contribution in [-0.2, 0) is 18.4 Å². The summed E-state index contributed by atoms with van der Waals surface area (Å²) in [6.07, 6.45) is 7.38. The quantitative estimate of drug-likeness (QED) is 0.803. The van der Waals surface area contributed by atoms with Crippen LogP contribution < -0.4 is 5.32 Å². The first-order chi connectivity index (χ1) is 8.30. The number of aryl methyl sites for hydroxylation is 1. The molecule has 3 heterocycles. The van der Waals surface area contributed by atoms with Gasteiger partial charge in [0, 0.05) is 18.4 Å². The molecule has 1 aromatic rings. The number of aromatic nitrogens is 3. The van der Waals surface area contributed by atoms with Crippen molar-refractivity contribution < 1.29 is 0 Å². The second-order valence-corrected chi connectivity index (χ2v) is 5.71. The summed E-state index contributed by atoms with van der Waals surface area (Å²) in [5.74, 6) is 2.47. The van der Waals surface area contributed by atoms with Gasteiger partial charge in [-0.15, -0.1) is 10.2 Å². The standard InChI is InChI=1S/C13H22N4/c1-13(6-8-14-9-7-13)12-16-15-11-5-3-2-4-10-17(11)12/h14H,2-10H2,1H3. The van der Waals surface area contributed by atoms with Gasteiger partial charge in [-0.1, -0.05) is 13.3 Å². The molecular formula is C13H22N4. The van der Waals surface area contributed by atoms with Crippen LogP contribution in [0.15, 0.2) is 0 Å². The summed E-state index contributed by atoms with van der Waals surface area (Å²) in [7, 11) is 0. The first-order valence-electron chi connectivity index (χ1n) is 6.93. The fourth-order valence-corrected chi connectivity index (χ4v) is 3.13. The number of nitrogens with one attached hydrogen (secondary N) is 1. The SMILES string of the molecule is CC1(c2nnc3n2CCCCC3)CCNCC1. The lowest BCUT2D eigenvalue weighted by molar-refractivity contribution is 0.306. The zero-order chi connectivity index (χ0) is 11.7. The highest BCUT2D eigenvalue weighted by Crippen LogP contribution is 2.32. The van der Waals surface area contributed by atoms with Gasteiger partial charge in [0.25, 0.3) is 0 Å². The van der Waals surface area contributed by atoms with E-state index in [9.17, 15) is 0 Å². The molecule has 0 spiro atoms. The first-order valence-corrected chi connectivity index (χ1v) is 6.93. The van der Waals surface area contributed by atoms with Crippen LogP contribution in [0.2, 0.25) is 0 Å². The Bertz CT molecular complexity index is 390. The summed E-state index contributed by atoms with van der Waals surface area (Å²) < 4.78 is 2.42. The topological polar surface area (TPSA) is 42.7 Å². The van der Waals surface area contributed by atoms with Crippen molar-refractivity contribution in [3.05, 3.63) is 11.6 Å². The average molecular weight is 234 g/mol. The molecule has 2 aliphatic rings. The van der Waals surface area contributed by atoms with E-state index in [0.717, 1.165) is 26.1 Å². The van der Waals surface area contributed by atoms with Crippen molar-refractivity contribution >= 4 is 0 Å². The highest BCUT2D eigenvalue weighted by Gasteiger charge is 2.34. The number of fused-ring (bicyclic) bond motifs is 1. The van der Waals surface area contributed by atoms with E-state index in [1.807, 2.05) is 0 Å². The van der Waals surface area contributed by atoms with Crippen LogP contribution in [0, 0.1) is 0 Å². The Labute approximate surface area is 103 Å². The zero-order valence-corrected chi connectivity index (χ0v) is 10.7. The van der Waals surface area contributed by atoms with Crippen LogP contribution in [0.25, 0.3) is 0 Å². The van der Waals surface area contributed by atoms with Crippen LogP contribution in [0.1, 0.15) is 50.7 Å². The van der Waals surface area contributed by atoms with Gasteiger partial charge in [0.05, 0.1) is 0 Å². The second-order valence-electron chi connectivity index (χ2n) is 5.71. The first kappa shape index (κ1) is 11.2.